The first-order chi connectivity index (χ1) is 10.8. The Balaban J connectivity index is 1.91. The summed E-state index contributed by atoms with van der Waals surface area (Å²) in [5.41, 5.74) is 2.50. The Morgan fingerprint density at radius 1 is 0.909 bits per heavy atom. The van der Waals surface area contributed by atoms with Crippen molar-refractivity contribution in [2.45, 2.75) is 12.5 Å². The van der Waals surface area contributed by atoms with E-state index in [0.29, 0.717) is 6.54 Å². The first kappa shape index (κ1) is 14.3. The molecular weight excluding hydrogens is 270 g/mol. The number of allylic oxidation sites excluding steroid dienone is 2. The molecule has 0 N–H and O–H groups in total. The summed E-state index contributed by atoms with van der Waals surface area (Å²) in [7, 11) is 0. The maximum Gasteiger partial charge on any atom is 0.174 e. The van der Waals surface area contributed by atoms with Gasteiger partial charge in [-0.15, -0.1) is 0 Å². The number of benzene rings is 2. The summed E-state index contributed by atoms with van der Waals surface area (Å²) in [5, 5.41) is 0. The van der Waals surface area contributed by atoms with Gasteiger partial charge in [-0.3, -0.25) is 4.79 Å². The number of rotatable bonds is 4. The van der Waals surface area contributed by atoms with E-state index in [4.69, 9.17) is 0 Å². The van der Waals surface area contributed by atoms with E-state index in [9.17, 15) is 4.79 Å². The van der Waals surface area contributed by atoms with Crippen LogP contribution in [0.4, 0.5) is 0 Å². The van der Waals surface area contributed by atoms with Crippen molar-refractivity contribution >= 4 is 5.78 Å². The monoisotopic (exact) mass is 289 g/mol. The standard InChI is InChI=1S/C20H19NO/c22-19-13-7-8-14-21(16-19)20(18-11-5-2-6-12-18)15-17-9-3-1-4-10-17/h1-14,20H,15-16H2/t20-/m1/s1. The molecule has 3 rings (SSSR count). The molecule has 0 bridgehead atoms. The molecule has 0 fully saturated rings. The van der Waals surface area contributed by atoms with Gasteiger partial charge in [0.2, 0.25) is 0 Å². The largest absolute Gasteiger partial charge is 0.362 e. The molecule has 22 heavy (non-hydrogen) atoms. The van der Waals surface area contributed by atoms with Crippen molar-refractivity contribution in [1.29, 1.82) is 0 Å². The lowest BCUT2D eigenvalue weighted by atomic mass is 9.97. The van der Waals surface area contributed by atoms with E-state index >= 15 is 0 Å². The zero-order valence-corrected chi connectivity index (χ0v) is 12.4. The second-order valence-electron chi connectivity index (χ2n) is 5.46. The van der Waals surface area contributed by atoms with Gasteiger partial charge in [0, 0.05) is 6.20 Å². The smallest absolute Gasteiger partial charge is 0.174 e. The van der Waals surface area contributed by atoms with Crippen molar-refractivity contribution < 1.29 is 4.79 Å². The SMILES string of the molecule is O=C1C=CC=CN([C@H](Cc2ccccc2)c2ccccc2)C1. The lowest BCUT2D eigenvalue weighted by Gasteiger charge is -2.30. The number of ketones is 1. The van der Waals surface area contributed by atoms with E-state index in [0.717, 1.165) is 6.42 Å². The van der Waals surface area contributed by atoms with E-state index in [1.165, 1.54) is 11.1 Å². The Labute approximate surface area is 131 Å². The van der Waals surface area contributed by atoms with Gasteiger partial charge >= 0.3 is 0 Å². The summed E-state index contributed by atoms with van der Waals surface area (Å²) in [5.74, 6) is 0.138. The molecule has 2 nitrogen and oxygen atoms in total. The van der Waals surface area contributed by atoms with Gasteiger partial charge in [0.1, 0.15) is 0 Å². The maximum atomic E-state index is 11.9. The molecule has 1 aliphatic rings. The van der Waals surface area contributed by atoms with Crippen LogP contribution in [-0.2, 0) is 11.2 Å². The van der Waals surface area contributed by atoms with Gasteiger partial charge < -0.3 is 4.90 Å². The Kier molecular flexibility index (Phi) is 4.50. The summed E-state index contributed by atoms with van der Waals surface area (Å²) in [6.45, 7) is 0.416. The van der Waals surface area contributed by atoms with Crippen molar-refractivity contribution in [2.75, 3.05) is 6.54 Å². The highest BCUT2D eigenvalue weighted by atomic mass is 16.1. The highest BCUT2D eigenvalue weighted by Gasteiger charge is 2.20. The van der Waals surface area contributed by atoms with E-state index in [1.807, 2.05) is 30.5 Å². The van der Waals surface area contributed by atoms with Gasteiger partial charge in [0.15, 0.2) is 5.78 Å². The van der Waals surface area contributed by atoms with Crippen LogP contribution in [0.2, 0.25) is 0 Å². The lowest BCUT2D eigenvalue weighted by molar-refractivity contribution is -0.115. The van der Waals surface area contributed by atoms with E-state index < -0.39 is 0 Å². The minimum atomic E-state index is 0.138. The molecule has 1 atom stereocenters. The number of hydrogen-bond donors (Lipinski definition) is 0. The third-order valence-electron chi connectivity index (χ3n) is 3.87. The fraction of sp³-hybridized carbons (Fsp3) is 0.150. The molecule has 0 unspecified atom stereocenters. The average molecular weight is 289 g/mol. The average Bonchev–Trinajstić information content (AvgIpc) is 2.79. The van der Waals surface area contributed by atoms with Crippen LogP contribution in [0, 0.1) is 0 Å². The van der Waals surface area contributed by atoms with Gasteiger partial charge in [-0.2, -0.15) is 0 Å². The molecule has 0 radical (unpaired) electrons. The zero-order chi connectivity index (χ0) is 15.2. The normalized spacial score (nSPS) is 15.6. The topological polar surface area (TPSA) is 20.3 Å². The van der Waals surface area contributed by atoms with Crippen molar-refractivity contribution in [3.05, 3.63) is 96.2 Å². The van der Waals surface area contributed by atoms with E-state index in [1.54, 1.807) is 6.08 Å². The molecule has 0 saturated heterocycles. The fourth-order valence-corrected chi connectivity index (χ4v) is 2.76. The number of hydrogen-bond acceptors (Lipinski definition) is 2. The van der Waals surface area contributed by atoms with Crippen LogP contribution in [0.1, 0.15) is 17.2 Å². The molecule has 1 aliphatic heterocycles. The van der Waals surface area contributed by atoms with Crippen molar-refractivity contribution in [1.82, 2.24) is 4.90 Å². The predicted octanol–water partition coefficient (Wildman–Crippen LogP) is 3.93. The summed E-state index contributed by atoms with van der Waals surface area (Å²) in [6, 6.07) is 21.0. The number of carbonyl (C=O) groups is 1. The lowest BCUT2D eigenvalue weighted by Crippen LogP contribution is -2.29. The molecular formula is C20H19NO. The zero-order valence-electron chi connectivity index (χ0n) is 12.4. The molecule has 2 heteroatoms. The van der Waals surface area contributed by atoms with Crippen molar-refractivity contribution in [3.63, 3.8) is 0 Å². The molecule has 2 aromatic rings. The van der Waals surface area contributed by atoms with Crippen LogP contribution in [0.5, 0.6) is 0 Å². The first-order valence-corrected chi connectivity index (χ1v) is 7.55. The summed E-state index contributed by atoms with van der Waals surface area (Å²) in [4.78, 5) is 14.0. The third-order valence-corrected chi connectivity index (χ3v) is 3.87. The van der Waals surface area contributed by atoms with Gasteiger partial charge in [0.05, 0.1) is 12.6 Å². The molecule has 1 heterocycles. The molecule has 110 valence electrons. The summed E-state index contributed by atoms with van der Waals surface area (Å²) < 4.78 is 0. The van der Waals surface area contributed by atoms with E-state index in [2.05, 4.69) is 53.4 Å². The van der Waals surface area contributed by atoms with Crippen LogP contribution in [0.3, 0.4) is 0 Å². The third kappa shape index (κ3) is 3.53. The Morgan fingerprint density at radius 3 is 2.32 bits per heavy atom. The Morgan fingerprint density at radius 2 is 1.59 bits per heavy atom. The minimum absolute atomic E-state index is 0.138. The highest BCUT2D eigenvalue weighted by Crippen LogP contribution is 2.26. The highest BCUT2D eigenvalue weighted by molar-refractivity contribution is 5.92. The summed E-state index contributed by atoms with van der Waals surface area (Å²) in [6.07, 6.45) is 8.28. The van der Waals surface area contributed by atoms with Crippen LogP contribution in [0.25, 0.3) is 0 Å². The quantitative estimate of drug-likeness (QED) is 0.850. The maximum absolute atomic E-state index is 11.9. The van der Waals surface area contributed by atoms with Crippen LogP contribution < -0.4 is 0 Å². The van der Waals surface area contributed by atoms with Gasteiger partial charge in [-0.25, -0.2) is 0 Å². The number of nitrogens with zero attached hydrogens (tertiary/aromatic N) is 1. The fourth-order valence-electron chi connectivity index (χ4n) is 2.76. The molecule has 0 aliphatic carbocycles. The molecule has 2 aromatic carbocycles. The molecule has 0 aromatic heterocycles. The molecule has 0 saturated carbocycles. The number of carbonyl (C=O) groups excluding carboxylic acids is 1. The van der Waals surface area contributed by atoms with E-state index in [-0.39, 0.29) is 11.8 Å². The van der Waals surface area contributed by atoms with Gasteiger partial charge in [-0.05, 0) is 29.7 Å². The Hall–Kier alpha value is -2.61. The van der Waals surface area contributed by atoms with Gasteiger partial charge in [0.25, 0.3) is 0 Å². The van der Waals surface area contributed by atoms with Gasteiger partial charge in [-0.1, -0.05) is 66.7 Å². The molecule has 0 amide bonds. The predicted molar refractivity (Wildman–Crippen MR) is 89.3 cm³/mol. The van der Waals surface area contributed by atoms with Crippen molar-refractivity contribution in [3.8, 4) is 0 Å². The minimum Gasteiger partial charge on any atom is -0.362 e. The van der Waals surface area contributed by atoms with Crippen molar-refractivity contribution in [2.24, 2.45) is 0 Å². The second kappa shape index (κ2) is 6.90. The van der Waals surface area contributed by atoms with Crippen LogP contribution in [0.15, 0.2) is 85.1 Å². The first-order valence-electron chi connectivity index (χ1n) is 7.55. The Bertz CT molecular complexity index is 673. The second-order valence-corrected chi connectivity index (χ2v) is 5.46. The van der Waals surface area contributed by atoms with Crippen LogP contribution >= 0.6 is 0 Å². The summed E-state index contributed by atoms with van der Waals surface area (Å²) >= 11 is 0. The molecule has 0 spiro atoms. The van der Waals surface area contributed by atoms with Crippen LogP contribution in [-0.4, -0.2) is 17.2 Å².